The van der Waals surface area contributed by atoms with E-state index in [1.165, 1.54) is 55.7 Å². The van der Waals surface area contributed by atoms with Gasteiger partial charge in [0.05, 0.1) is 18.8 Å². The Hall–Kier alpha value is -3.89. The number of hydrogen-bond donors (Lipinski definition) is 1. The number of carbonyl (C=O) groups excluding carboxylic acids is 2. The molecule has 11 heteroatoms. The molecule has 5 unspecified atom stereocenters. The highest BCUT2D eigenvalue weighted by atomic mass is 16.6. The van der Waals surface area contributed by atoms with Gasteiger partial charge < -0.3 is 19.0 Å². The van der Waals surface area contributed by atoms with Crippen LogP contribution in [0.5, 0.6) is 5.75 Å². The van der Waals surface area contributed by atoms with Crippen molar-refractivity contribution in [3.05, 3.63) is 57.3 Å². The average molecular weight is 540 g/mol. The Morgan fingerprint density at radius 3 is 2.77 bits per heavy atom. The number of cyclic esters (lactones) is 1. The van der Waals surface area contributed by atoms with Crippen LogP contribution >= 0.6 is 0 Å². The number of benzene rings is 1. The van der Waals surface area contributed by atoms with Gasteiger partial charge in [-0.2, -0.15) is 10.1 Å². The van der Waals surface area contributed by atoms with Gasteiger partial charge in [0.15, 0.2) is 5.76 Å². The molecule has 0 spiro atoms. The Morgan fingerprint density at radius 1 is 1.26 bits per heavy atom. The van der Waals surface area contributed by atoms with Crippen LogP contribution in [0.4, 0.5) is 10.7 Å². The molecular formula is C28H33N3O8. The minimum atomic E-state index is -0.651. The average Bonchev–Trinajstić information content (AvgIpc) is 3.62. The first-order valence-electron chi connectivity index (χ1n) is 13.4. The summed E-state index contributed by atoms with van der Waals surface area (Å²) < 4.78 is 15.1. The van der Waals surface area contributed by atoms with Gasteiger partial charge in [0.2, 0.25) is 0 Å². The minimum Gasteiger partial charge on any atom is -0.508 e. The number of nitro groups is 1. The third-order valence-corrected chi connectivity index (χ3v) is 8.79. The summed E-state index contributed by atoms with van der Waals surface area (Å²) in [7, 11) is 0. The number of furan rings is 1. The molecule has 2 saturated carbocycles. The lowest BCUT2D eigenvalue weighted by molar-refractivity contribution is -0.402. The van der Waals surface area contributed by atoms with Gasteiger partial charge in [0.25, 0.3) is 0 Å². The maximum absolute atomic E-state index is 11.4. The van der Waals surface area contributed by atoms with Gasteiger partial charge in [-0.05, 0) is 85.6 Å². The van der Waals surface area contributed by atoms with E-state index < -0.39 is 11.0 Å². The quantitative estimate of drug-likeness (QED) is 0.243. The summed E-state index contributed by atoms with van der Waals surface area (Å²) in [5.74, 6) is 2.06. The van der Waals surface area contributed by atoms with Crippen molar-refractivity contribution < 1.29 is 33.5 Å². The summed E-state index contributed by atoms with van der Waals surface area (Å²) in [5, 5.41) is 24.9. The van der Waals surface area contributed by atoms with Gasteiger partial charge in [-0.3, -0.25) is 14.9 Å². The van der Waals surface area contributed by atoms with Crippen LogP contribution in [0.2, 0.25) is 0 Å². The Bertz CT molecular complexity index is 1290. The molecule has 4 aliphatic rings. The van der Waals surface area contributed by atoms with Gasteiger partial charge in [0, 0.05) is 12.3 Å². The van der Waals surface area contributed by atoms with E-state index in [-0.39, 0.29) is 35.7 Å². The van der Waals surface area contributed by atoms with Crippen LogP contribution in [-0.2, 0) is 20.7 Å². The third-order valence-electron chi connectivity index (χ3n) is 8.79. The van der Waals surface area contributed by atoms with Crippen LogP contribution in [0.25, 0.3) is 0 Å². The number of aromatic hydroxyl groups is 1. The first kappa shape index (κ1) is 26.7. The molecule has 2 aromatic rings. The van der Waals surface area contributed by atoms with Crippen molar-refractivity contribution >= 4 is 24.2 Å². The van der Waals surface area contributed by atoms with Crippen molar-refractivity contribution in [2.75, 3.05) is 13.2 Å². The number of phenolic OH excluding ortho intramolecular Hbond substituents is 1. The second-order valence-electron chi connectivity index (χ2n) is 10.9. The summed E-state index contributed by atoms with van der Waals surface area (Å²) in [6.45, 7) is 4.53. The summed E-state index contributed by atoms with van der Waals surface area (Å²) >= 11 is 0. The number of ether oxygens (including phenoxy) is 2. The zero-order valence-corrected chi connectivity index (χ0v) is 22.1. The maximum Gasteiger partial charge on any atom is 0.433 e. The van der Waals surface area contributed by atoms with Crippen LogP contribution in [0, 0.1) is 27.4 Å². The van der Waals surface area contributed by atoms with Crippen molar-refractivity contribution in [3.63, 3.8) is 0 Å². The highest BCUT2D eigenvalue weighted by Crippen LogP contribution is 2.61. The van der Waals surface area contributed by atoms with Gasteiger partial charge in [-0.1, -0.05) is 13.0 Å². The second-order valence-corrected chi connectivity index (χ2v) is 10.9. The molecule has 208 valence electrons. The Kier molecular flexibility index (Phi) is 7.33. The molecule has 3 fully saturated rings. The van der Waals surface area contributed by atoms with Crippen molar-refractivity contribution in [2.24, 2.45) is 22.4 Å². The van der Waals surface area contributed by atoms with Crippen LogP contribution in [0.15, 0.2) is 39.9 Å². The molecule has 0 radical (unpaired) electrons. The van der Waals surface area contributed by atoms with Crippen LogP contribution < -0.4 is 0 Å². The lowest BCUT2D eigenvalue weighted by atomic mass is 9.55. The number of carbonyl (C=O) groups is 2. The van der Waals surface area contributed by atoms with Crippen LogP contribution in [0.1, 0.15) is 68.8 Å². The zero-order valence-electron chi connectivity index (χ0n) is 22.1. The fraction of sp³-hybridized carbons (Fsp3) is 0.536. The Morgan fingerprint density at radius 2 is 2.08 bits per heavy atom. The highest BCUT2D eigenvalue weighted by Gasteiger charge is 2.56. The van der Waals surface area contributed by atoms with Gasteiger partial charge in [-0.25, -0.2) is 4.79 Å². The van der Waals surface area contributed by atoms with Crippen molar-refractivity contribution in [1.29, 1.82) is 0 Å². The summed E-state index contributed by atoms with van der Waals surface area (Å²) in [6.07, 6.45) is 7.56. The molecule has 1 aromatic carbocycles. The van der Waals surface area contributed by atoms with E-state index in [1.54, 1.807) is 0 Å². The van der Waals surface area contributed by atoms with Gasteiger partial charge >= 0.3 is 17.9 Å². The second kappa shape index (κ2) is 10.7. The third kappa shape index (κ3) is 5.35. The zero-order chi connectivity index (χ0) is 27.7. The fourth-order valence-electron chi connectivity index (χ4n) is 7.04. The molecular weight excluding hydrogens is 506 g/mol. The first-order chi connectivity index (χ1) is 18.7. The van der Waals surface area contributed by atoms with Crippen LogP contribution in [-0.4, -0.2) is 52.6 Å². The normalized spacial score (nSPS) is 29.1. The molecule has 1 aromatic heterocycles. The molecule has 2 heterocycles. The molecule has 1 amide bonds. The van der Waals surface area contributed by atoms with Crippen molar-refractivity contribution in [3.8, 4) is 5.75 Å². The SMILES string of the molecule is CC(=O)OC1CCC2C3CCc4cc(O)ccc4C3CCC12C.O=C1OCCN1N=Cc1ccc([N+](=O)[O-])o1. The summed E-state index contributed by atoms with van der Waals surface area (Å²) in [4.78, 5) is 32.1. The number of aryl methyl sites for hydroxylation is 1. The number of hydrogen-bond acceptors (Lipinski definition) is 9. The smallest absolute Gasteiger partial charge is 0.433 e. The lowest BCUT2D eigenvalue weighted by Crippen LogP contribution is -2.45. The lowest BCUT2D eigenvalue weighted by Gasteiger charge is -2.50. The summed E-state index contributed by atoms with van der Waals surface area (Å²) in [5.41, 5.74) is 2.95. The Labute approximate surface area is 225 Å². The minimum absolute atomic E-state index is 0.104. The predicted molar refractivity (Wildman–Crippen MR) is 139 cm³/mol. The number of rotatable bonds is 4. The van der Waals surface area contributed by atoms with Gasteiger partial charge in [0.1, 0.15) is 23.4 Å². The largest absolute Gasteiger partial charge is 0.508 e. The number of fused-ring (bicyclic) bond motifs is 5. The number of phenols is 1. The van der Waals surface area contributed by atoms with E-state index in [9.17, 15) is 24.8 Å². The number of nitrogens with zero attached hydrogens (tertiary/aromatic N) is 3. The summed E-state index contributed by atoms with van der Waals surface area (Å²) in [6, 6.07) is 8.54. The molecule has 1 saturated heterocycles. The molecule has 39 heavy (non-hydrogen) atoms. The molecule has 3 aliphatic carbocycles. The number of amides is 1. The van der Waals surface area contributed by atoms with Crippen molar-refractivity contribution in [2.45, 2.75) is 64.4 Å². The van der Waals surface area contributed by atoms with E-state index >= 15 is 0 Å². The monoisotopic (exact) mass is 539 g/mol. The van der Waals surface area contributed by atoms with E-state index in [1.807, 2.05) is 12.1 Å². The van der Waals surface area contributed by atoms with Gasteiger partial charge in [-0.15, -0.1) is 0 Å². The predicted octanol–water partition coefficient (Wildman–Crippen LogP) is 5.15. The molecule has 0 bridgehead atoms. The molecule has 1 N–H and O–H groups in total. The Balaban J connectivity index is 0.000000169. The van der Waals surface area contributed by atoms with Crippen LogP contribution in [0.3, 0.4) is 0 Å². The fourth-order valence-corrected chi connectivity index (χ4v) is 7.04. The molecule has 5 atom stereocenters. The van der Waals surface area contributed by atoms with E-state index in [0.29, 0.717) is 30.0 Å². The molecule has 1 aliphatic heterocycles. The number of esters is 1. The molecule has 6 rings (SSSR count). The number of hydrazone groups is 1. The standard InChI is InChI=1S/C20H26O3.C8H7N3O5/c1-12(21)23-19-8-7-18-17-5-3-13-11-14(22)4-6-15(13)16(17)9-10-20(18,19)2;12-8-10(3-4-15-8)9-5-6-1-2-7(16-6)11(13)14/h4,6,11,16-19,22H,3,5,7-10H2,1-2H3;1-2,5H,3-4H2. The topological polar surface area (TPSA) is 145 Å². The molecule has 11 nitrogen and oxygen atoms in total. The highest BCUT2D eigenvalue weighted by molar-refractivity contribution is 5.78. The maximum atomic E-state index is 11.4. The van der Waals surface area contributed by atoms with Crippen molar-refractivity contribution in [1.82, 2.24) is 5.01 Å². The van der Waals surface area contributed by atoms with E-state index in [2.05, 4.69) is 22.8 Å². The van der Waals surface area contributed by atoms with E-state index in [0.717, 1.165) is 24.3 Å². The van der Waals surface area contributed by atoms with E-state index in [4.69, 9.17) is 9.15 Å². The first-order valence-corrected chi connectivity index (χ1v) is 13.4.